The van der Waals surface area contributed by atoms with E-state index in [1.165, 1.54) is 0 Å². The van der Waals surface area contributed by atoms with Gasteiger partial charge in [0.25, 0.3) is 0 Å². The van der Waals surface area contributed by atoms with Crippen molar-refractivity contribution >= 4 is 0 Å². The standard InChI is InChI=1S/C9H12O2/c1-3-5-8-6-10-7-11-9(8)4-2/h3-5H,1,6-7H2,2H3/b8-5-,9-4+. The van der Waals surface area contributed by atoms with Gasteiger partial charge in [0.05, 0.1) is 6.61 Å². The molecule has 1 aliphatic rings. The Hall–Kier alpha value is -1.02. The molecule has 2 heteroatoms. The number of allylic oxidation sites excluding steroid dienone is 3. The lowest BCUT2D eigenvalue weighted by molar-refractivity contribution is -0.0370. The summed E-state index contributed by atoms with van der Waals surface area (Å²) in [5.74, 6) is 0.899. The van der Waals surface area contributed by atoms with Crippen LogP contribution in [0.4, 0.5) is 0 Å². The second kappa shape index (κ2) is 3.98. The summed E-state index contributed by atoms with van der Waals surface area (Å²) in [6.07, 6.45) is 5.56. The van der Waals surface area contributed by atoms with Crippen LogP contribution in [-0.4, -0.2) is 13.4 Å². The number of rotatable bonds is 1. The lowest BCUT2D eigenvalue weighted by atomic mass is 10.2. The van der Waals surface area contributed by atoms with Crippen molar-refractivity contribution in [3.05, 3.63) is 36.1 Å². The van der Waals surface area contributed by atoms with Gasteiger partial charge in [-0.05, 0) is 13.0 Å². The van der Waals surface area contributed by atoms with Crippen LogP contribution in [0.3, 0.4) is 0 Å². The van der Waals surface area contributed by atoms with E-state index in [4.69, 9.17) is 9.47 Å². The Morgan fingerprint density at radius 1 is 1.55 bits per heavy atom. The molecule has 0 amide bonds. The molecule has 1 saturated heterocycles. The summed E-state index contributed by atoms with van der Waals surface area (Å²) in [5.41, 5.74) is 1.05. The minimum Gasteiger partial charge on any atom is -0.468 e. The van der Waals surface area contributed by atoms with Crippen LogP contribution < -0.4 is 0 Å². The van der Waals surface area contributed by atoms with E-state index >= 15 is 0 Å². The van der Waals surface area contributed by atoms with Crippen molar-refractivity contribution in [2.24, 2.45) is 0 Å². The van der Waals surface area contributed by atoms with Gasteiger partial charge in [0.2, 0.25) is 0 Å². The Balaban J connectivity index is 2.74. The predicted molar refractivity (Wildman–Crippen MR) is 43.9 cm³/mol. The molecule has 11 heavy (non-hydrogen) atoms. The van der Waals surface area contributed by atoms with Crippen molar-refractivity contribution in [2.75, 3.05) is 13.4 Å². The average molecular weight is 152 g/mol. The normalized spacial score (nSPS) is 25.2. The molecule has 1 fully saturated rings. The molecule has 0 N–H and O–H groups in total. The van der Waals surface area contributed by atoms with Gasteiger partial charge < -0.3 is 9.47 Å². The first-order valence-electron chi connectivity index (χ1n) is 3.57. The van der Waals surface area contributed by atoms with E-state index in [9.17, 15) is 0 Å². The number of ether oxygens (including phenoxy) is 2. The zero-order valence-corrected chi connectivity index (χ0v) is 6.67. The van der Waals surface area contributed by atoms with Crippen LogP contribution >= 0.6 is 0 Å². The Labute approximate surface area is 66.8 Å². The maximum atomic E-state index is 5.22. The van der Waals surface area contributed by atoms with E-state index in [1.54, 1.807) is 6.08 Å². The molecule has 1 aliphatic heterocycles. The zero-order valence-electron chi connectivity index (χ0n) is 6.67. The maximum absolute atomic E-state index is 5.22. The molecule has 1 heterocycles. The van der Waals surface area contributed by atoms with Crippen molar-refractivity contribution in [3.8, 4) is 0 Å². The van der Waals surface area contributed by atoms with Crippen LogP contribution in [0.2, 0.25) is 0 Å². The summed E-state index contributed by atoms with van der Waals surface area (Å²) in [7, 11) is 0. The van der Waals surface area contributed by atoms with Gasteiger partial charge in [-0.3, -0.25) is 0 Å². The van der Waals surface area contributed by atoms with E-state index in [0.717, 1.165) is 11.3 Å². The van der Waals surface area contributed by atoms with Crippen molar-refractivity contribution < 1.29 is 9.47 Å². The summed E-state index contributed by atoms with van der Waals surface area (Å²) >= 11 is 0. The van der Waals surface area contributed by atoms with Crippen LogP contribution in [0.15, 0.2) is 36.1 Å². The Morgan fingerprint density at radius 2 is 2.36 bits per heavy atom. The highest BCUT2D eigenvalue weighted by atomic mass is 16.7. The molecule has 0 aromatic carbocycles. The van der Waals surface area contributed by atoms with E-state index in [1.807, 2.05) is 19.1 Å². The third-order valence-corrected chi connectivity index (χ3v) is 1.45. The summed E-state index contributed by atoms with van der Waals surface area (Å²) in [6.45, 7) is 6.52. The average Bonchev–Trinajstić information content (AvgIpc) is 2.06. The predicted octanol–water partition coefficient (Wildman–Crippen LogP) is 2.01. The van der Waals surface area contributed by atoms with E-state index in [0.29, 0.717) is 13.4 Å². The molecule has 0 spiro atoms. The molecule has 0 atom stereocenters. The second-order valence-corrected chi connectivity index (χ2v) is 2.19. The highest BCUT2D eigenvalue weighted by molar-refractivity contribution is 5.29. The lowest BCUT2D eigenvalue weighted by Gasteiger charge is -2.19. The fraction of sp³-hybridized carbons (Fsp3) is 0.333. The molecule has 0 aromatic rings. The fourth-order valence-electron chi connectivity index (χ4n) is 0.962. The SMILES string of the molecule is C=C/C=C1/COCO/C1=C/C. The quantitative estimate of drug-likeness (QED) is 0.572. The number of hydrogen-bond donors (Lipinski definition) is 0. The first kappa shape index (κ1) is 8.08. The van der Waals surface area contributed by atoms with E-state index in [-0.39, 0.29) is 0 Å². The van der Waals surface area contributed by atoms with Crippen LogP contribution in [0.25, 0.3) is 0 Å². The summed E-state index contributed by atoms with van der Waals surface area (Å²) < 4.78 is 10.3. The highest BCUT2D eigenvalue weighted by Crippen LogP contribution is 2.16. The summed E-state index contributed by atoms with van der Waals surface area (Å²) in [6, 6.07) is 0. The Kier molecular flexibility index (Phi) is 2.93. The third kappa shape index (κ3) is 1.95. The molecule has 0 aromatic heterocycles. The molecule has 0 aliphatic carbocycles. The molecule has 60 valence electrons. The van der Waals surface area contributed by atoms with E-state index < -0.39 is 0 Å². The van der Waals surface area contributed by atoms with Crippen molar-refractivity contribution in [3.63, 3.8) is 0 Å². The molecule has 2 nitrogen and oxygen atoms in total. The molecule has 0 saturated carbocycles. The molecular weight excluding hydrogens is 140 g/mol. The first-order chi connectivity index (χ1) is 5.38. The van der Waals surface area contributed by atoms with E-state index in [2.05, 4.69) is 6.58 Å². The van der Waals surface area contributed by atoms with Gasteiger partial charge in [0.15, 0.2) is 6.79 Å². The van der Waals surface area contributed by atoms with Crippen LogP contribution in [0, 0.1) is 0 Å². The first-order valence-corrected chi connectivity index (χ1v) is 3.57. The maximum Gasteiger partial charge on any atom is 0.189 e. The molecule has 0 unspecified atom stereocenters. The molecule has 1 rings (SSSR count). The van der Waals surface area contributed by atoms with Crippen LogP contribution in [0.5, 0.6) is 0 Å². The topological polar surface area (TPSA) is 18.5 Å². The van der Waals surface area contributed by atoms with Gasteiger partial charge >= 0.3 is 0 Å². The Morgan fingerprint density at radius 3 is 3.00 bits per heavy atom. The van der Waals surface area contributed by atoms with Gasteiger partial charge in [-0.1, -0.05) is 18.7 Å². The van der Waals surface area contributed by atoms with Crippen molar-refractivity contribution in [1.29, 1.82) is 0 Å². The summed E-state index contributed by atoms with van der Waals surface area (Å²) in [5, 5.41) is 0. The Bertz CT molecular complexity index is 202. The second-order valence-electron chi connectivity index (χ2n) is 2.19. The van der Waals surface area contributed by atoms with Crippen LogP contribution in [-0.2, 0) is 9.47 Å². The lowest BCUT2D eigenvalue weighted by Crippen LogP contribution is -2.13. The zero-order chi connectivity index (χ0) is 8.10. The van der Waals surface area contributed by atoms with Crippen molar-refractivity contribution in [2.45, 2.75) is 6.92 Å². The van der Waals surface area contributed by atoms with Crippen molar-refractivity contribution in [1.82, 2.24) is 0 Å². The molecule has 0 bridgehead atoms. The smallest absolute Gasteiger partial charge is 0.189 e. The fourth-order valence-corrected chi connectivity index (χ4v) is 0.962. The van der Waals surface area contributed by atoms with Gasteiger partial charge in [0, 0.05) is 5.57 Å². The number of hydrogen-bond acceptors (Lipinski definition) is 2. The van der Waals surface area contributed by atoms with Gasteiger partial charge in [-0.2, -0.15) is 0 Å². The largest absolute Gasteiger partial charge is 0.468 e. The minimum absolute atomic E-state index is 0.355. The van der Waals surface area contributed by atoms with Gasteiger partial charge in [-0.25, -0.2) is 0 Å². The van der Waals surface area contributed by atoms with Gasteiger partial charge in [0.1, 0.15) is 5.76 Å². The highest BCUT2D eigenvalue weighted by Gasteiger charge is 2.10. The monoisotopic (exact) mass is 152 g/mol. The third-order valence-electron chi connectivity index (χ3n) is 1.45. The molecule has 0 radical (unpaired) electrons. The minimum atomic E-state index is 0.355. The van der Waals surface area contributed by atoms with Gasteiger partial charge in [-0.15, -0.1) is 0 Å². The summed E-state index contributed by atoms with van der Waals surface area (Å²) in [4.78, 5) is 0. The molecular formula is C9H12O2. The van der Waals surface area contributed by atoms with Crippen LogP contribution in [0.1, 0.15) is 6.92 Å².